The van der Waals surface area contributed by atoms with E-state index in [0.717, 1.165) is 10.7 Å². The number of hydrogen-bond donors (Lipinski definition) is 0. The summed E-state index contributed by atoms with van der Waals surface area (Å²) in [4.78, 5) is 20.7. The predicted molar refractivity (Wildman–Crippen MR) is 79.7 cm³/mol. The molecular formula is C15H15F3N4O2. The number of hydrogen-bond acceptors (Lipinski definition) is 4. The fourth-order valence-corrected chi connectivity index (χ4v) is 2.60. The molecule has 0 atom stereocenters. The Morgan fingerprint density at radius 1 is 1.33 bits per heavy atom. The highest BCUT2D eigenvalue weighted by atomic mass is 19.4. The van der Waals surface area contributed by atoms with Crippen LogP contribution in [0.2, 0.25) is 0 Å². The SMILES string of the molecule is CCc1cnc(Cn2c(=O)c3c(C(F)(F)F)cc(C)nc3n2C)o1. The number of nitrogens with zero attached hydrogens (tertiary/aromatic N) is 4. The molecule has 0 fully saturated rings. The van der Waals surface area contributed by atoms with Crippen LogP contribution in [0.3, 0.4) is 0 Å². The van der Waals surface area contributed by atoms with E-state index in [0.29, 0.717) is 12.2 Å². The molecule has 0 aromatic carbocycles. The lowest BCUT2D eigenvalue weighted by Gasteiger charge is -2.08. The Morgan fingerprint density at radius 3 is 2.62 bits per heavy atom. The smallest absolute Gasteiger partial charge is 0.417 e. The Kier molecular flexibility index (Phi) is 3.73. The van der Waals surface area contributed by atoms with Crippen LogP contribution in [-0.4, -0.2) is 19.3 Å². The predicted octanol–water partition coefficient (Wildman–Crippen LogP) is 2.66. The summed E-state index contributed by atoms with van der Waals surface area (Å²) in [7, 11) is 1.49. The highest BCUT2D eigenvalue weighted by Gasteiger charge is 2.36. The van der Waals surface area contributed by atoms with Crippen molar-refractivity contribution in [3.8, 4) is 0 Å². The molecule has 0 aliphatic heterocycles. The van der Waals surface area contributed by atoms with Gasteiger partial charge in [-0.1, -0.05) is 6.92 Å². The zero-order valence-electron chi connectivity index (χ0n) is 13.3. The standard InChI is InChI=1S/C15H15F3N4O2/c1-4-9-6-19-11(24-9)7-22-14(23)12-10(15(16,17)18)5-8(2)20-13(12)21(22)3/h5-6H,4,7H2,1-3H3. The minimum absolute atomic E-state index is 0.0189. The largest absolute Gasteiger partial charge is 0.444 e. The van der Waals surface area contributed by atoms with Gasteiger partial charge in [0.15, 0.2) is 5.65 Å². The molecule has 9 heteroatoms. The van der Waals surface area contributed by atoms with Crippen molar-refractivity contribution in [2.24, 2.45) is 7.05 Å². The molecule has 128 valence electrons. The second kappa shape index (κ2) is 5.50. The van der Waals surface area contributed by atoms with Crippen LogP contribution in [0.1, 0.15) is 29.8 Å². The molecule has 0 aliphatic carbocycles. The van der Waals surface area contributed by atoms with Crippen molar-refractivity contribution < 1.29 is 17.6 Å². The fraction of sp³-hybridized carbons (Fsp3) is 0.400. The summed E-state index contributed by atoms with van der Waals surface area (Å²) in [5, 5.41) is -0.446. The third-order valence-electron chi connectivity index (χ3n) is 3.79. The van der Waals surface area contributed by atoms with Crippen molar-refractivity contribution in [3.05, 3.63) is 45.5 Å². The number of halogens is 3. The first-order valence-corrected chi connectivity index (χ1v) is 7.30. The van der Waals surface area contributed by atoms with E-state index in [1.165, 1.54) is 24.9 Å². The van der Waals surface area contributed by atoms with E-state index in [-0.39, 0.29) is 23.8 Å². The van der Waals surface area contributed by atoms with Crippen LogP contribution in [0, 0.1) is 6.92 Å². The number of pyridine rings is 1. The van der Waals surface area contributed by atoms with Gasteiger partial charge in [0.1, 0.15) is 12.3 Å². The molecule has 0 aliphatic rings. The summed E-state index contributed by atoms with van der Waals surface area (Å²) in [6.07, 6.45) is -2.47. The molecule has 3 aromatic rings. The van der Waals surface area contributed by atoms with Gasteiger partial charge in [-0.2, -0.15) is 13.2 Å². The van der Waals surface area contributed by atoms with Crippen molar-refractivity contribution in [2.75, 3.05) is 0 Å². The first-order chi connectivity index (χ1) is 11.2. The number of aryl methyl sites for hydroxylation is 3. The van der Waals surface area contributed by atoms with E-state index in [1.54, 1.807) is 0 Å². The van der Waals surface area contributed by atoms with E-state index in [4.69, 9.17) is 4.42 Å². The monoisotopic (exact) mass is 340 g/mol. The average Bonchev–Trinajstić information content (AvgIpc) is 3.05. The first-order valence-electron chi connectivity index (χ1n) is 7.30. The average molecular weight is 340 g/mol. The third-order valence-corrected chi connectivity index (χ3v) is 3.79. The van der Waals surface area contributed by atoms with Crippen LogP contribution in [0.5, 0.6) is 0 Å². The topological polar surface area (TPSA) is 65.8 Å². The molecule has 0 saturated carbocycles. The molecule has 0 amide bonds. The lowest BCUT2D eigenvalue weighted by atomic mass is 10.1. The summed E-state index contributed by atoms with van der Waals surface area (Å²) >= 11 is 0. The minimum Gasteiger partial charge on any atom is -0.444 e. The van der Waals surface area contributed by atoms with Gasteiger partial charge in [-0.25, -0.2) is 14.6 Å². The lowest BCUT2D eigenvalue weighted by molar-refractivity contribution is -0.136. The van der Waals surface area contributed by atoms with E-state index in [2.05, 4.69) is 9.97 Å². The molecule has 3 heterocycles. The Labute approximate surface area is 134 Å². The van der Waals surface area contributed by atoms with Crippen LogP contribution < -0.4 is 5.56 Å². The third kappa shape index (κ3) is 2.59. The molecule has 3 aromatic heterocycles. The lowest BCUT2D eigenvalue weighted by Crippen LogP contribution is -2.23. The highest BCUT2D eigenvalue weighted by molar-refractivity contribution is 5.79. The van der Waals surface area contributed by atoms with Crippen molar-refractivity contribution in [3.63, 3.8) is 0 Å². The highest BCUT2D eigenvalue weighted by Crippen LogP contribution is 2.33. The Balaban J connectivity index is 2.21. The fourth-order valence-electron chi connectivity index (χ4n) is 2.60. The summed E-state index contributed by atoms with van der Waals surface area (Å²) < 4.78 is 47.7. The maximum Gasteiger partial charge on any atom is 0.417 e. The molecule has 24 heavy (non-hydrogen) atoms. The van der Waals surface area contributed by atoms with Gasteiger partial charge in [-0.3, -0.25) is 9.48 Å². The number of rotatable bonds is 3. The Bertz CT molecular complexity index is 966. The van der Waals surface area contributed by atoms with Gasteiger partial charge in [0.05, 0.1) is 17.1 Å². The van der Waals surface area contributed by atoms with Crippen LogP contribution in [0.4, 0.5) is 13.2 Å². The van der Waals surface area contributed by atoms with Gasteiger partial charge in [-0.05, 0) is 13.0 Å². The van der Waals surface area contributed by atoms with E-state index in [9.17, 15) is 18.0 Å². The number of aromatic nitrogens is 4. The summed E-state index contributed by atoms with van der Waals surface area (Å²) in [5.41, 5.74) is -1.59. The molecule has 0 spiro atoms. The Hall–Kier alpha value is -2.58. The van der Waals surface area contributed by atoms with Crippen LogP contribution in [-0.2, 0) is 26.2 Å². The van der Waals surface area contributed by atoms with Crippen molar-refractivity contribution >= 4 is 11.0 Å². The molecule has 0 unspecified atom stereocenters. The zero-order valence-corrected chi connectivity index (χ0v) is 13.3. The molecule has 6 nitrogen and oxygen atoms in total. The maximum atomic E-state index is 13.3. The summed E-state index contributed by atoms with van der Waals surface area (Å²) in [5.74, 6) is 0.895. The number of oxazole rings is 1. The van der Waals surface area contributed by atoms with Gasteiger partial charge in [0.2, 0.25) is 5.89 Å². The molecule has 0 saturated heterocycles. The molecule has 3 rings (SSSR count). The van der Waals surface area contributed by atoms with Crippen LogP contribution >= 0.6 is 0 Å². The van der Waals surface area contributed by atoms with Crippen LogP contribution in [0.25, 0.3) is 11.0 Å². The zero-order chi connectivity index (χ0) is 17.6. The van der Waals surface area contributed by atoms with Crippen molar-refractivity contribution in [2.45, 2.75) is 33.0 Å². The van der Waals surface area contributed by atoms with Gasteiger partial charge >= 0.3 is 6.18 Å². The van der Waals surface area contributed by atoms with Crippen molar-refractivity contribution in [1.82, 2.24) is 19.3 Å². The van der Waals surface area contributed by atoms with Gasteiger partial charge in [0.25, 0.3) is 5.56 Å². The summed E-state index contributed by atoms with van der Waals surface area (Å²) in [6.45, 7) is 3.27. The maximum absolute atomic E-state index is 13.3. The first kappa shape index (κ1) is 16.3. The van der Waals surface area contributed by atoms with Gasteiger partial charge in [0, 0.05) is 19.2 Å². The number of alkyl halides is 3. The van der Waals surface area contributed by atoms with E-state index in [1.807, 2.05) is 6.92 Å². The van der Waals surface area contributed by atoms with Gasteiger partial charge < -0.3 is 4.42 Å². The molecule has 0 bridgehead atoms. The normalized spacial score (nSPS) is 12.2. The van der Waals surface area contributed by atoms with E-state index >= 15 is 0 Å². The minimum atomic E-state index is -4.64. The molecular weight excluding hydrogens is 325 g/mol. The second-order valence-corrected chi connectivity index (χ2v) is 5.47. The van der Waals surface area contributed by atoms with Crippen LogP contribution in [0.15, 0.2) is 21.5 Å². The van der Waals surface area contributed by atoms with E-state index < -0.39 is 22.7 Å². The summed E-state index contributed by atoms with van der Waals surface area (Å²) in [6, 6.07) is 0.883. The Morgan fingerprint density at radius 2 is 2.04 bits per heavy atom. The quantitative estimate of drug-likeness (QED) is 0.735. The van der Waals surface area contributed by atoms with Gasteiger partial charge in [-0.15, -0.1) is 0 Å². The second-order valence-electron chi connectivity index (χ2n) is 5.47. The molecule has 0 radical (unpaired) electrons. The number of fused-ring (bicyclic) bond motifs is 1. The molecule has 0 N–H and O–H groups in total. The van der Waals surface area contributed by atoms with Crippen molar-refractivity contribution in [1.29, 1.82) is 0 Å².